The minimum Gasteiger partial charge on any atom is -0.325 e. The minimum atomic E-state index is -0.184. The number of thioether (sulfide) groups is 1. The molecule has 0 aliphatic carbocycles. The van der Waals surface area contributed by atoms with Crippen LogP contribution in [0.2, 0.25) is 5.02 Å². The summed E-state index contributed by atoms with van der Waals surface area (Å²) in [5.74, 6) is -0.367. The van der Waals surface area contributed by atoms with Gasteiger partial charge in [-0.05, 0) is 42.2 Å². The van der Waals surface area contributed by atoms with Crippen LogP contribution in [0.1, 0.15) is 21.5 Å². The predicted octanol–water partition coefficient (Wildman–Crippen LogP) is 5.47. The quantitative estimate of drug-likeness (QED) is 0.444. The fraction of sp³-hybridized carbons (Fsp3) is 0.0909. The van der Waals surface area contributed by atoms with Crippen LogP contribution in [-0.4, -0.2) is 17.9 Å². The van der Waals surface area contributed by atoms with Gasteiger partial charge in [-0.2, -0.15) is 0 Å². The van der Waals surface area contributed by atoms with Gasteiger partial charge in [-0.3, -0.25) is 9.59 Å². The molecule has 136 valence electrons. The number of benzene rings is 3. The second-order valence-electron chi connectivity index (χ2n) is 5.96. The van der Waals surface area contributed by atoms with Gasteiger partial charge in [-0.25, -0.2) is 0 Å². The lowest BCUT2D eigenvalue weighted by Crippen LogP contribution is -2.17. The molecule has 0 aromatic heterocycles. The summed E-state index contributed by atoms with van der Waals surface area (Å²) in [4.78, 5) is 26.4. The first-order valence-electron chi connectivity index (χ1n) is 8.39. The number of anilines is 1. The number of rotatable bonds is 6. The number of hydrogen-bond acceptors (Lipinski definition) is 3. The summed E-state index contributed by atoms with van der Waals surface area (Å²) in [6.07, 6.45) is 2.24. The first-order valence-corrected chi connectivity index (χ1v) is 9.99. The molecule has 5 heteroatoms. The number of carbonyl (C=O) groups excluding carboxylic acids is 2. The van der Waals surface area contributed by atoms with Gasteiger partial charge < -0.3 is 5.32 Å². The molecule has 27 heavy (non-hydrogen) atoms. The lowest BCUT2D eigenvalue weighted by atomic mass is 10.0. The second-order valence-corrected chi connectivity index (χ2v) is 7.27. The molecule has 3 nitrogen and oxygen atoms in total. The van der Waals surface area contributed by atoms with Crippen LogP contribution in [0, 0.1) is 0 Å². The molecule has 0 spiro atoms. The Bertz CT molecular complexity index is 956. The molecule has 3 rings (SSSR count). The van der Waals surface area contributed by atoms with E-state index in [-0.39, 0.29) is 18.1 Å². The highest BCUT2D eigenvalue weighted by Gasteiger charge is 2.16. The zero-order valence-corrected chi connectivity index (χ0v) is 16.3. The summed E-state index contributed by atoms with van der Waals surface area (Å²) in [5, 5.41) is 3.29. The van der Waals surface area contributed by atoms with Gasteiger partial charge in [0.2, 0.25) is 5.91 Å². The van der Waals surface area contributed by atoms with Crippen molar-refractivity contribution in [3.63, 3.8) is 0 Å². The number of hydrogen-bond donors (Lipinski definition) is 1. The molecule has 0 aliphatic heterocycles. The Morgan fingerprint density at radius 3 is 2.33 bits per heavy atom. The van der Waals surface area contributed by atoms with Crippen molar-refractivity contribution in [3.8, 4) is 0 Å². The van der Waals surface area contributed by atoms with Crippen molar-refractivity contribution in [1.29, 1.82) is 0 Å². The highest BCUT2D eigenvalue weighted by molar-refractivity contribution is 7.98. The van der Waals surface area contributed by atoms with E-state index in [2.05, 4.69) is 5.32 Å². The Balaban J connectivity index is 1.80. The fourth-order valence-electron chi connectivity index (χ4n) is 2.68. The molecule has 3 aromatic rings. The lowest BCUT2D eigenvalue weighted by Gasteiger charge is -2.11. The van der Waals surface area contributed by atoms with Crippen LogP contribution in [0.25, 0.3) is 0 Å². The summed E-state index contributed by atoms with van der Waals surface area (Å²) in [6, 6.07) is 21.7. The Hall–Kier alpha value is -2.56. The van der Waals surface area contributed by atoms with Crippen molar-refractivity contribution in [2.24, 2.45) is 0 Å². The summed E-state index contributed by atoms with van der Waals surface area (Å²) in [6.45, 7) is 0. The zero-order chi connectivity index (χ0) is 19.2. The third-order valence-electron chi connectivity index (χ3n) is 4.06. The predicted molar refractivity (Wildman–Crippen MR) is 112 cm³/mol. The summed E-state index contributed by atoms with van der Waals surface area (Å²) in [7, 11) is 0. The molecule has 0 radical (unpaired) electrons. The molecule has 0 heterocycles. The summed E-state index contributed by atoms with van der Waals surface area (Å²) >= 11 is 7.73. The van der Waals surface area contributed by atoms with Gasteiger partial charge in [-0.15, -0.1) is 11.8 Å². The number of nitrogens with one attached hydrogen (secondary N) is 1. The highest BCUT2D eigenvalue weighted by Crippen LogP contribution is 2.24. The van der Waals surface area contributed by atoms with Gasteiger partial charge in [0.25, 0.3) is 0 Å². The number of amides is 1. The first kappa shape index (κ1) is 19.2. The average molecular weight is 396 g/mol. The van der Waals surface area contributed by atoms with Gasteiger partial charge in [0.15, 0.2) is 5.78 Å². The number of carbonyl (C=O) groups is 2. The normalized spacial score (nSPS) is 10.4. The second kappa shape index (κ2) is 8.89. The van der Waals surface area contributed by atoms with E-state index in [1.165, 1.54) is 0 Å². The molecule has 1 N–H and O–H groups in total. The van der Waals surface area contributed by atoms with E-state index >= 15 is 0 Å². The highest BCUT2D eigenvalue weighted by atomic mass is 35.5. The van der Waals surface area contributed by atoms with Crippen LogP contribution in [-0.2, 0) is 11.2 Å². The van der Waals surface area contributed by atoms with Gasteiger partial charge in [0, 0.05) is 21.0 Å². The molecule has 1 amide bonds. The van der Waals surface area contributed by atoms with Crippen molar-refractivity contribution < 1.29 is 9.59 Å². The van der Waals surface area contributed by atoms with Crippen LogP contribution in [0.15, 0.2) is 77.7 Å². The topological polar surface area (TPSA) is 46.2 Å². The molecular formula is C22H18ClNO2S. The van der Waals surface area contributed by atoms with Crippen molar-refractivity contribution in [2.45, 2.75) is 11.3 Å². The van der Waals surface area contributed by atoms with Crippen molar-refractivity contribution in [2.75, 3.05) is 11.6 Å². The molecule has 0 unspecified atom stereocenters. The van der Waals surface area contributed by atoms with E-state index in [9.17, 15) is 9.59 Å². The molecule has 0 atom stereocenters. The smallest absolute Gasteiger partial charge is 0.228 e. The van der Waals surface area contributed by atoms with E-state index in [0.29, 0.717) is 21.8 Å². The summed E-state index contributed by atoms with van der Waals surface area (Å²) < 4.78 is 0. The monoisotopic (exact) mass is 395 g/mol. The molecular weight excluding hydrogens is 378 g/mol. The first-order chi connectivity index (χ1) is 13.1. The third kappa shape index (κ3) is 5.00. The van der Waals surface area contributed by atoms with Gasteiger partial charge in [0.1, 0.15) is 0 Å². The maximum atomic E-state index is 12.8. The van der Waals surface area contributed by atoms with Crippen LogP contribution in [0.4, 0.5) is 5.69 Å². The van der Waals surface area contributed by atoms with E-state index in [4.69, 9.17) is 11.6 Å². The number of halogens is 1. The van der Waals surface area contributed by atoms with Crippen LogP contribution >= 0.6 is 23.4 Å². The standard InChI is InChI=1S/C22H18ClNO2S/c1-27-18-10-7-15(8-11-18)13-21(25)24-20-12-9-17(23)14-19(20)22(26)16-5-3-2-4-6-16/h2-12,14H,13H2,1H3,(H,24,25). The molecule has 0 fully saturated rings. The van der Waals surface area contributed by atoms with Gasteiger partial charge >= 0.3 is 0 Å². The SMILES string of the molecule is CSc1ccc(CC(=O)Nc2ccc(Cl)cc2C(=O)c2ccccc2)cc1. The van der Waals surface area contributed by atoms with E-state index in [0.717, 1.165) is 10.5 Å². The van der Waals surface area contributed by atoms with E-state index < -0.39 is 0 Å². The average Bonchev–Trinajstić information content (AvgIpc) is 2.70. The molecule has 0 aliphatic rings. The van der Waals surface area contributed by atoms with Crippen LogP contribution < -0.4 is 5.32 Å². The Morgan fingerprint density at radius 1 is 0.963 bits per heavy atom. The lowest BCUT2D eigenvalue weighted by molar-refractivity contribution is -0.115. The van der Waals surface area contributed by atoms with Crippen molar-refractivity contribution >= 4 is 40.7 Å². The van der Waals surface area contributed by atoms with Crippen molar-refractivity contribution in [1.82, 2.24) is 0 Å². The fourth-order valence-corrected chi connectivity index (χ4v) is 3.26. The van der Waals surface area contributed by atoms with E-state index in [1.807, 2.05) is 36.6 Å². The maximum Gasteiger partial charge on any atom is 0.228 e. The van der Waals surface area contributed by atoms with Gasteiger partial charge in [0.05, 0.1) is 12.1 Å². The molecule has 3 aromatic carbocycles. The Labute approximate surface area is 167 Å². The van der Waals surface area contributed by atoms with E-state index in [1.54, 1.807) is 54.2 Å². The number of ketones is 1. The molecule has 0 saturated carbocycles. The molecule has 0 saturated heterocycles. The van der Waals surface area contributed by atoms with Crippen molar-refractivity contribution in [3.05, 3.63) is 94.5 Å². The summed E-state index contributed by atoms with van der Waals surface area (Å²) in [5.41, 5.74) is 2.29. The molecule has 0 bridgehead atoms. The minimum absolute atomic E-state index is 0.183. The van der Waals surface area contributed by atoms with Crippen LogP contribution in [0.5, 0.6) is 0 Å². The maximum absolute atomic E-state index is 12.8. The Kier molecular flexibility index (Phi) is 6.32. The van der Waals surface area contributed by atoms with Crippen LogP contribution in [0.3, 0.4) is 0 Å². The largest absolute Gasteiger partial charge is 0.325 e. The zero-order valence-electron chi connectivity index (χ0n) is 14.7. The third-order valence-corrected chi connectivity index (χ3v) is 5.04. The van der Waals surface area contributed by atoms with Gasteiger partial charge in [-0.1, -0.05) is 54.1 Å². The Morgan fingerprint density at radius 2 is 1.67 bits per heavy atom.